The summed E-state index contributed by atoms with van der Waals surface area (Å²) in [5, 5.41) is 0. The van der Waals surface area contributed by atoms with Crippen molar-refractivity contribution >= 4 is 11.7 Å². The molecule has 3 rings (SSSR count). The van der Waals surface area contributed by atoms with Crippen molar-refractivity contribution in [1.82, 2.24) is 14.5 Å². The molecule has 5 nitrogen and oxygen atoms in total. The Bertz CT molecular complexity index is 523. The Morgan fingerprint density at radius 1 is 1.30 bits per heavy atom. The highest BCUT2D eigenvalue weighted by Crippen LogP contribution is 2.33. The van der Waals surface area contributed by atoms with Gasteiger partial charge in [-0.05, 0) is 25.7 Å². The SMILES string of the molecule is Cn1cnc(C(=O)N2CCCC2C2CCCCC2=O)c1. The van der Waals surface area contributed by atoms with Crippen LogP contribution in [0.5, 0.6) is 0 Å². The fourth-order valence-electron chi connectivity index (χ4n) is 3.55. The van der Waals surface area contributed by atoms with Crippen LogP contribution in [0, 0.1) is 5.92 Å². The smallest absolute Gasteiger partial charge is 0.274 e. The van der Waals surface area contributed by atoms with Gasteiger partial charge >= 0.3 is 0 Å². The highest BCUT2D eigenvalue weighted by molar-refractivity contribution is 5.93. The molecule has 108 valence electrons. The minimum atomic E-state index is -0.0218. The van der Waals surface area contributed by atoms with E-state index in [0.717, 1.165) is 38.6 Å². The second-order valence-corrected chi connectivity index (χ2v) is 5.95. The third-order valence-corrected chi connectivity index (χ3v) is 4.55. The topological polar surface area (TPSA) is 55.2 Å². The molecule has 1 saturated carbocycles. The van der Waals surface area contributed by atoms with Crippen LogP contribution in [0.1, 0.15) is 49.0 Å². The number of nitrogens with zero attached hydrogens (tertiary/aromatic N) is 3. The van der Waals surface area contributed by atoms with E-state index in [9.17, 15) is 9.59 Å². The number of likely N-dealkylation sites (tertiary alicyclic amines) is 1. The predicted octanol–water partition coefficient (Wildman–Crippen LogP) is 1.78. The van der Waals surface area contributed by atoms with Gasteiger partial charge in [-0.1, -0.05) is 6.42 Å². The molecule has 2 unspecified atom stereocenters. The molecule has 2 aliphatic rings. The standard InChI is InChI=1S/C15H21N3O2/c1-17-9-12(16-10-17)15(20)18-8-4-6-13(18)11-5-2-3-7-14(11)19/h9-11,13H,2-8H2,1H3. The highest BCUT2D eigenvalue weighted by Gasteiger charge is 2.39. The van der Waals surface area contributed by atoms with Gasteiger partial charge < -0.3 is 9.47 Å². The number of imidazole rings is 1. The first-order chi connectivity index (χ1) is 9.66. The number of ketones is 1. The number of rotatable bonds is 2. The van der Waals surface area contributed by atoms with Crippen LogP contribution in [-0.2, 0) is 11.8 Å². The summed E-state index contributed by atoms with van der Waals surface area (Å²) in [5.74, 6) is 0.382. The molecule has 1 aliphatic heterocycles. The van der Waals surface area contributed by atoms with E-state index in [2.05, 4.69) is 4.98 Å². The maximum absolute atomic E-state index is 12.6. The van der Waals surface area contributed by atoms with Crippen molar-refractivity contribution in [3.05, 3.63) is 18.2 Å². The van der Waals surface area contributed by atoms with Crippen LogP contribution < -0.4 is 0 Å². The Kier molecular flexibility index (Phi) is 3.59. The number of hydrogen-bond donors (Lipinski definition) is 0. The molecule has 0 radical (unpaired) electrons. The maximum atomic E-state index is 12.6. The lowest BCUT2D eigenvalue weighted by molar-refractivity contribution is -0.126. The molecule has 0 bridgehead atoms. The summed E-state index contributed by atoms with van der Waals surface area (Å²) >= 11 is 0. The van der Waals surface area contributed by atoms with Crippen molar-refractivity contribution in [2.75, 3.05) is 6.54 Å². The van der Waals surface area contributed by atoms with Crippen LogP contribution in [0.3, 0.4) is 0 Å². The van der Waals surface area contributed by atoms with Gasteiger partial charge in [0.25, 0.3) is 5.91 Å². The Morgan fingerprint density at radius 3 is 2.85 bits per heavy atom. The average Bonchev–Trinajstić information content (AvgIpc) is 3.07. The molecular weight excluding hydrogens is 254 g/mol. The van der Waals surface area contributed by atoms with Crippen LogP contribution in [0.4, 0.5) is 0 Å². The Balaban J connectivity index is 1.78. The van der Waals surface area contributed by atoms with Crippen molar-refractivity contribution < 1.29 is 9.59 Å². The van der Waals surface area contributed by atoms with Gasteiger partial charge in [0.1, 0.15) is 11.5 Å². The number of aromatic nitrogens is 2. The van der Waals surface area contributed by atoms with Crippen molar-refractivity contribution in [1.29, 1.82) is 0 Å². The summed E-state index contributed by atoms with van der Waals surface area (Å²) in [5.41, 5.74) is 0.489. The van der Waals surface area contributed by atoms with E-state index in [0.29, 0.717) is 17.9 Å². The Morgan fingerprint density at radius 2 is 2.15 bits per heavy atom. The zero-order valence-corrected chi connectivity index (χ0v) is 11.9. The third-order valence-electron chi connectivity index (χ3n) is 4.55. The van der Waals surface area contributed by atoms with Crippen LogP contribution in [-0.4, -0.2) is 38.7 Å². The Labute approximate surface area is 119 Å². The molecule has 1 aromatic rings. The van der Waals surface area contributed by atoms with Gasteiger partial charge in [-0.15, -0.1) is 0 Å². The van der Waals surface area contributed by atoms with Gasteiger partial charge in [0, 0.05) is 38.2 Å². The molecule has 1 aromatic heterocycles. The van der Waals surface area contributed by atoms with Gasteiger partial charge in [-0.25, -0.2) is 4.98 Å². The van der Waals surface area contributed by atoms with E-state index in [-0.39, 0.29) is 17.9 Å². The molecule has 0 spiro atoms. The zero-order chi connectivity index (χ0) is 14.1. The summed E-state index contributed by atoms with van der Waals surface area (Å²) in [6.45, 7) is 0.754. The van der Waals surface area contributed by atoms with Gasteiger partial charge in [-0.3, -0.25) is 9.59 Å². The number of amides is 1. The molecule has 1 saturated heterocycles. The lowest BCUT2D eigenvalue weighted by atomic mass is 9.82. The number of carbonyl (C=O) groups excluding carboxylic acids is 2. The highest BCUT2D eigenvalue weighted by atomic mass is 16.2. The van der Waals surface area contributed by atoms with Gasteiger partial charge in [0.15, 0.2) is 0 Å². The molecule has 5 heteroatoms. The van der Waals surface area contributed by atoms with Crippen LogP contribution in [0.15, 0.2) is 12.5 Å². The van der Waals surface area contributed by atoms with Gasteiger partial charge in [-0.2, -0.15) is 0 Å². The summed E-state index contributed by atoms with van der Waals surface area (Å²) in [6, 6.07) is 0.0947. The molecule has 2 fully saturated rings. The number of Topliss-reactive ketones (excluding diaryl/α,β-unsaturated/α-hetero) is 1. The molecular formula is C15H21N3O2. The fourth-order valence-corrected chi connectivity index (χ4v) is 3.55. The van der Waals surface area contributed by atoms with Crippen molar-refractivity contribution in [3.8, 4) is 0 Å². The maximum Gasteiger partial charge on any atom is 0.274 e. The van der Waals surface area contributed by atoms with Crippen molar-refractivity contribution in [2.24, 2.45) is 13.0 Å². The fraction of sp³-hybridized carbons (Fsp3) is 0.667. The first kappa shape index (κ1) is 13.3. The minimum Gasteiger partial charge on any atom is -0.340 e. The van der Waals surface area contributed by atoms with E-state index in [1.54, 1.807) is 17.1 Å². The zero-order valence-electron chi connectivity index (χ0n) is 11.9. The van der Waals surface area contributed by atoms with Crippen LogP contribution in [0.2, 0.25) is 0 Å². The molecule has 0 aromatic carbocycles. The van der Waals surface area contributed by atoms with Gasteiger partial charge in [0.2, 0.25) is 0 Å². The summed E-state index contributed by atoms with van der Waals surface area (Å²) in [6.07, 6.45) is 9.09. The lowest BCUT2D eigenvalue weighted by Crippen LogP contribution is -2.43. The largest absolute Gasteiger partial charge is 0.340 e. The number of hydrogen-bond acceptors (Lipinski definition) is 3. The molecule has 0 N–H and O–H groups in total. The quantitative estimate of drug-likeness (QED) is 0.826. The average molecular weight is 275 g/mol. The Hall–Kier alpha value is -1.65. The normalized spacial score (nSPS) is 27.1. The monoisotopic (exact) mass is 275 g/mol. The molecule has 1 amide bonds. The van der Waals surface area contributed by atoms with E-state index < -0.39 is 0 Å². The second-order valence-electron chi connectivity index (χ2n) is 5.95. The number of carbonyl (C=O) groups is 2. The lowest BCUT2D eigenvalue weighted by Gasteiger charge is -2.32. The van der Waals surface area contributed by atoms with E-state index in [1.807, 2.05) is 11.9 Å². The minimum absolute atomic E-state index is 0.0218. The third kappa shape index (κ3) is 2.37. The van der Waals surface area contributed by atoms with Gasteiger partial charge in [0.05, 0.1) is 6.33 Å². The van der Waals surface area contributed by atoms with Crippen molar-refractivity contribution in [3.63, 3.8) is 0 Å². The molecule has 1 aliphatic carbocycles. The molecule has 2 atom stereocenters. The van der Waals surface area contributed by atoms with E-state index >= 15 is 0 Å². The first-order valence-corrected chi connectivity index (χ1v) is 7.48. The molecule has 20 heavy (non-hydrogen) atoms. The van der Waals surface area contributed by atoms with Crippen molar-refractivity contribution in [2.45, 2.75) is 44.6 Å². The van der Waals surface area contributed by atoms with Crippen LogP contribution in [0.25, 0.3) is 0 Å². The second kappa shape index (κ2) is 5.38. The molecule has 2 heterocycles. The number of aryl methyl sites for hydroxylation is 1. The summed E-state index contributed by atoms with van der Waals surface area (Å²) in [7, 11) is 1.86. The first-order valence-electron chi connectivity index (χ1n) is 7.48. The van der Waals surface area contributed by atoms with Crippen LogP contribution >= 0.6 is 0 Å². The summed E-state index contributed by atoms with van der Waals surface area (Å²) in [4.78, 5) is 30.7. The van der Waals surface area contributed by atoms with E-state index in [1.165, 1.54) is 0 Å². The van der Waals surface area contributed by atoms with E-state index in [4.69, 9.17) is 0 Å². The predicted molar refractivity (Wildman–Crippen MR) is 74.2 cm³/mol. The summed E-state index contributed by atoms with van der Waals surface area (Å²) < 4.78 is 1.78.